The second-order valence-corrected chi connectivity index (χ2v) is 10.7. The molecule has 0 saturated carbocycles. The van der Waals surface area contributed by atoms with Crippen LogP contribution >= 0.6 is 0 Å². The Morgan fingerprint density at radius 3 is 2.06 bits per heavy atom. The molecule has 3 atom stereocenters. The van der Waals surface area contributed by atoms with Gasteiger partial charge in [-0.05, 0) is 43.9 Å². The number of aliphatic hydroxyl groups excluding tert-OH is 2. The number of hydrogen-bond acceptors (Lipinski definition) is 6. The fraction of sp³-hybridized carbons (Fsp3) is 0.724. The monoisotopic (exact) mass is 492 g/mol. The van der Waals surface area contributed by atoms with E-state index in [-0.39, 0.29) is 24.4 Å². The summed E-state index contributed by atoms with van der Waals surface area (Å²) in [6, 6.07) is 0. The van der Waals surface area contributed by atoms with Crippen molar-refractivity contribution in [2.24, 2.45) is 23.2 Å². The molecule has 1 aliphatic rings. The van der Waals surface area contributed by atoms with Crippen LogP contribution in [0, 0.1) is 23.2 Å². The number of unbranched alkanes of at least 4 members (excludes halogenated alkanes) is 2. The highest BCUT2D eigenvalue weighted by molar-refractivity contribution is 5.88. The third kappa shape index (κ3) is 10.7. The summed E-state index contributed by atoms with van der Waals surface area (Å²) in [4.78, 5) is 24.2. The predicted octanol–water partition coefficient (Wildman–Crippen LogP) is 5.54. The van der Waals surface area contributed by atoms with Gasteiger partial charge in [-0.25, -0.2) is 9.59 Å². The lowest BCUT2D eigenvalue weighted by atomic mass is 9.72. The molecule has 0 aromatic carbocycles. The largest absolute Gasteiger partial charge is 0.461 e. The standard InChI is InChI=1S/C29H48O6/c1-7-8-9-10-21(2)11-12-22(3)25-13-15-26(16-14-25)29(6,19-34-27(32)23(4)17-30)20-35-28(33)24(5)18-31/h15,21-22,25,30-31H,4-5,7-14,16-20H2,1-3,6H3. The molecule has 0 aliphatic heterocycles. The van der Waals surface area contributed by atoms with Gasteiger partial charge in [-0.15, -0.1) is 0 Å². The third-order valence-electron chi connectivity index (χ3n) is 7.45. The second-order valence-electron chi connectivity index (χ2n) is 10.7. The Balaban J connectivity index is 2.79. The van der Waals surface area contributed by atoms with Crippen LogP contribution in [0.25, 0.3) is 0 Å². The van der Waals surface area contributed by atoms with Crippen LogP contribution in [0.1, 0.15) is 85.5 Å². The molecule has 0 amide bonds. The number of rotatable bonds is 17. The van der Waals surface area contributed by atoms with Crippen molar-refractivity contribution in [1.29, 1.82) is 0 Å². The first-order chi connectivity index (χ1) is 16.6. The molecule has 0 saturated heterocycles. The van der Waals surface area contributed by atoms with Crippen molar-refractivity contribution in [3.63, 3.8) is 0 Å². The zero-order valence-corrected chi connectivity index (χ0v) is 22.4. The Hall–Kier alpha value is -1.92. The normalized spacial score (nSPS) is 17.8. The Morgan fingerprint density at radius 1 is 1.03 bits per heavy atom. The van der Waals surface area contributed by atoms with E-state index in [4.69, 9.17) is 19.7 Å². The van der Waals surface area contributed by atoms with Gasteiger partial charge in [-0.3, -0.25) is 0 Å². The molecule has 0 bridgehead atoms. The van der Waals surface area contributed by atoms with Gasteiger partial charge in [-0.1, -0.05) is 84.1 Å². The van der Waals surface area contributed by atoms with E-state index in [0.29, 0.717) is 11.8 Å². The molecular formula is C29H48O6. The van der Waals surface area contributed by atoms with Crippen LogP contribution < -0.4 is 0 Å². The van der Waals surface area contributed by atoms with Gasteiger partial charge in [0.25, 0.3) is 0 Å². The van der Waals surface area contributed by atoms with E-state index < -0.39 is 30.6 Å². The molecule has 0 heterocycles. The zero-order chi connectivity index (χ0) is 26.4. The summed E-state index contributed by atoms with van der Waals surface area (Å²) in [5, 5.41) is 18.3. The van der Waals surface area contributed by atoms with E-state index >= 15 is 0 Å². The van der Waals surface area contributed by atoms with Crippen molar-refractivity contribution in [3.05, 3.63) is 36.0 Å². The van der Waals surface area contributed by atoms with Crippen molar-refractivity contribution in [3.8, 4) is 0 Å². The SMILES string of the molecule is C=C(CO)C(=O)OCC(C)(COC(=O)C(=C)CO)C1=CCC(C(C)CCC(C)CCCCC)CC1. The molecule has 200 valence electrons. The molecule has 1 aliphatic carbocycles. The lowest BCUT2D eigenvalue weighted by Gasteiger charge is -2.36. The number of aliphatic hydroxyl groups is 2. The summed E-state index contributed by atoms with van der Waals surface area (Å²) < 4.78 is 10.8. The Labute approximate surface area is 212 Å². The Bertz CT molecular complexity index is 705. The van der Waals surface area contributed by atoms with Crippen LogP contribution in [0.2, 0.25) is 0 Å². The van der Waals surface area contributed by atoms with Crippen molar-refractivity contribution in [2.45, 2.75) is 85.5 Å². The smallest absolute Gasteiger partial charge is 0.335 e. The molecule has 6 nitrogen and oxygen atoms in total. The van der Waals surface area contributed by atoms with Gasteiger partial charge in [0.05, 0.1) is 29.8 Å². The number of hydrogen-bond donors (Lipinski definition) is 2. The molecule has 6 heteroatoms. The van der Waals surface area contributed by atoms with E-state index in [1.54, 1.807) is 0 Å². The lowest BCUT2D eigenvalue weighted by molar-refractivity contribution is -0.147. The van der Waals surface area contributed by atoms with Crippen LogP contribution in [0.4, 0.5) is 0 Å². The summed E-state index contributed by atoms with van der Waals surface area (Å²) >= 11 is 0. The average molecular weight is 493 g/mol. The number of ether oxygens (including phenoxy) is 2. The van der Waals surface area contributed by atoms with E-state index in [1.165, 1.54) is 38.5 Å². The van der Waals surface area contributed by atoms with Crippen LogP contribution in [0.15, 0.2) is 36.0 Å². The van der Waals surface area contributed by atoms with E-state index in [1.807, 2.05) is 6.92 Å². The number of esters is 2. The van der Waals surface area contributed by atoms with Crippen molar-refractivity contribution < 1.29 is 29.3 Å². The molecular weight excluding hydrogens is 444 g/mol. The first-order valence-electron chi connectivity index (χ1n) is 13.2. The van der Waals surface area contributed by atoms with Gasteiger partial charge in [0.1, 0.15) is 13.2 Å². The first-order valence-corrected chi connectivity index (χ1v) is 13.2. The summed E-state index contributed by atoms with van der Waals surface area (Å²) in [6.07, 6.45) is 12.8. The van der Waals surface area contributed by atoms with Crippen LogP contribution in [-0.4, -0.2) is 48.6 Å². The fourth-order valence-corrected chi connectivity index (χ4v) is 4.60. The van der Waals surface area contributed by atoms with Gasteiger partial charge < -0.3 is 19.7 Å². The maximum atomic E-state index is 12.1. The van der Waals surface area contributed by atoms with Crippen molar-refractivity contribution in [2.75, 3.05) is 26.4 Å². The van der Waals surface area contributed by atoms with Gasteiger partial charge in [-0.2, -0.15) is 0 Å². The van der Waals surface area contributed by atoms with Gasteiger partial charge >= 0.3 is 11.9 Å². The highest BCUT2D eigenvalue weighted by Gasteiger charge is 2.35. The Morgan fingerprint density at radius 2 is 1.60 bits per heavy atom. The topological polar surface area (TPSA) is 93.1 Å². The van der Waals surface area contributed by atoms with Crippen LogP contribution in [0.3, 0.4) is 0 Å². The third-order valence-corrected chi connectivity index (χ3v) is 7.45. The summed E-state index contributed by atoms with van der Waals surface area (Å²) in [5.41, 5.74) is 0.347. The highest BCUT2D eigenvalue weighted by Crippen LogP contribution is 2.40. The van der Waals surface area contributed by atoms with E-state index in [0.717, 1.165) is 30.8 Å². The minimum atomic E-state index is -0.710. The molecule has 2 N–H and O–H groups in total. The minimum absolute atomic E-state index is 0.00502. The molecule has 0 radical (unpaired) electrons. The molecule has 35 heavy (non-hydrogen) atoms. The van der Waals surface area contributed by atoms with Crippen LogP contribution in [-0.2, 0) is 19.1 Å². The van der Waals surface area contributed by atoms with Gasteiger partial charge in [0.15, 0.2) is 0 Å². The quantitative estimate of drug-likeness (QED) is 0.120. The fourth-order valence-electron chi connectivity index (χ4n) is 4.60. The Kier molecular flexibility index (Phi) is 14.2. The molecule has 0 fully saturated rings. The molecule has 3 unspecified atom stereocenters. The highest BCUT2D eigenvalue weighted by atomic mass is 16.5. The van der Waals surface area contributed by atoms with E-state index in [9.17, 15) is 9.59 Å². The molecule has 1 rings (SSSR count). The van der Waals surface area contributed by atoms with Gasteiger partial charge in [0.2, 0.25) is 0 Å². The minimum Gasteiger partial charge on any atom is -0.461 e. The van der Waals surface area contributed by atoms with Gasteiger partial charge in [0, 0.05) is 0 Å². The number of allylic oxidation sites excluding steroid dienone is 1. The number of carbonyl (C=O) groups is 2. The van der Waals surface area contributed by atoms with E-state index in [2.05, 4.69) is 40.0 Å². The van der Waals surface area contributed by atoms with Crippen molar-refractivity contribution >= 4 is 11.9 Å². The first kappa shape index (κ1) is 31.1. The average Bonchev–Trinajstić information content (AvgIpc) is 2.88. The molecule has 0 aromatic rings. The summed E-state index contributed by atoms with van der Waals surface area (Å²) in [7, 11) is 0. The molecule has 0 aromatic heterocycles. The predicted molar refractivity (Wildman–Crippen MR) is 140 cm³/mol. The summed E-state index contributed by atoms with van der Waals surface area (Å²) in [5.74, 6) is 0.693. The maximum absolute atomic E-state index is 12.1. The summed E-state index contributed by atoms with van der Waals surface area (Å²) in [6.45, 7) is 15.0. The zero-order valence-electron chi connectivity index (χ0n) is 22.4. The maximum Gasteiger partial charge on any atom is 0.335 e. The number of carbonyl (C=O) groups excluding carboxylic acids is 2. The molecule has 0 spiro atoms. The van der Waals surface area contributed by atoms with Crippen LogP contribution in [0.5, 0.6) is 0 Å². The second kappa shape index (κ2) is 15.9. The lowest BCUT2D eigenvalue weighted by Crippen LogP contribution is -2.35. The van der Waals surface area contributed by atoms with Crippen molar-refractivity contribution in [1.82, 2.24) is 0 Å².